The van der Waals surface area contributed by atoms with Crippen LogP contribution in [0.4, 0.5) is 0 Å². The summed E-state index contributed by atoms with van der Waals surface area (Å²) in [6, 6.07) is 14.9. The highest BCUT2D eigenvalue weighted by Gasteiger charge is 2.10. The van der Waals surface area contributed by atoms with Gasteiger partial charge in [-0.25, -0.2) is 4.79 Å². The van der Waals surface area contributed by atoms with E-state index in [1.54, 1.807) is 12.1 Å². The van der Waals surface area contributed by atoms with Crippen LogP contribution in [-0.4, -0.2) is 42.4 Å². The first-order chi connectivity index (χ1) is 11.2. The van der Waals surface area contributed by atoms with Crippen molar-refractivity contribution < 1.29 is 15.0 Å². The highest BCUT2D eigenvalue weighted by atomic mass is 16.4. The van der Waals surface area contributed by atoms with Gasteiger partial charge in [0.15, 0.2) is 0 Å². The zero-order valence-electron chi connectivity index (χ0n) is 13.0. The Kier molecular flexibility index (Phi) is 6.75. The summed E-state index contributed by atoms with van der Waals surface area (Å²) in [6.45, 7) is 3.15. The van der Waals surface area contributed by atoms with E-state index in [0.717, 1.165) is 36.3 Å². The lowest BCUT2D eigenvalue weighted by molar-refractivity contribution is 0.0697. The summed E-state index contributed by atoms with van der Waals surface area (Å²) in [5.74, 6) is -0.915. The van der Waals surface area contributed by atoms with Crippen molar-refractivity contribution in [1.82, 2.24) is 10.6 Å². The summed E-state index contributed by atoms with van der Waals surface area (Å²) in [6.07, 6.45) is 0. The first-order valence-electron chi connectivity index (χ1n) is 7.66. The minimum absolute atomic E-state index is 0.152. The summed E-state index contributed by atoms with van der Waals surface area (Å²) in [5.41, 5.74) is 3.08. The highest BCUT2D eigenvalue weighted by Crippen LogP contribution is 2.24. The van der Waals surface area contributed by atoms with Crippen LogP contribution in [0.15, 0.2) is 48.5 Å². The number of hydrogen-bond donors (Lipinski definition) is 4. The summed E-state index contributed by atoms with van der Waals surface area (Å²) in [4.78, 5) is 11.3. The Hall–Kier alpha value is -2.21. The van der Waals surface area contributed by atoms with Gasteiger partial charge in [0, 0.05) is 26.2 Å². The Morgan fingerprint density at radius 1 is 0.913 bits per heavy atom. The van der Waals surface area contributed by atoms with Crippen molar-refractivity contribution >= 4 is 5.97 Å². The number of rotatable bonds is 9. The molecule has 0 fully saturated rings. The Balaban J connectivity index is 1.94. The molecule has 0 aromatic heterocycles. The Morgan fingerprint density at radius 2 is 1.61 bits per heavy atom. The van der Waals surface area contributed by atoms with Gasteiger partial charge in [-0.1, -0.05) is 42.5 Å². The van der Waals surface area contributed by atoms with E-state index in [2.05, 4.69) is 10.6 Å². The van der Waals surface area contributed by atoms with Crippen molar-refractivity contribution in [2.45, 2.75) is 6.54 Å². The molecule has 0 aliphatic carbocycles. The third kappa shape index (κ3) is 5.17. The normalized spacial score (nSPS) is 10.7. The molecule has 0 heterocycles. The smallest absolute Gasteiger partial charge is 0.336 e. The molecule has 23 heavy (non-hydrogen) atoms. The second-order valence-electron chi connectivity index (χ2n) is 5.20. The fourth-order valence-corrected chi connectivity index (χ4v) is 2.34. The minimum atomic E-state index is -0.915. The predicted octanol–water partition coefficient (Wildman–Crippen LogP) is 1.72. The van der Waals surface area contributed by atoms with Crippen LogP contribution in [0.2, 0.25) is 0 Å². The number of aliphatic hydroxyl groups excluding tert-OH is 1. The monoisotopic (exact) mass is 314 g/mol. The number of benzene rings is 2. The Bertz CT molecular complexity index is 626. The van der Waals surface area contributed by atoms with Gasteiger partial charge in [0.2, 0.25) is 0 Å². The largest absolute Gasteiger partial charge is 0.478 e. The van der Waals surface area contributed by atoms with Gasteiger partial charge in [0.25, 0.3) is 0 Å². The lowest BCUT2D eigenvalue weighted by Crippen LogP contribution is -2.28. The van der Waals surface area contributed by atoms with Crippen LogP contribution < -0.4 is 10.6 Å². The van der Waals surface area contributed by atoms with Gasteiger partial charge in [-0.2, -0.15) is 0 Å². The molecule has 0 saturated carbocycles. The molecule has 5 nitrogen and oxygen atoms in total. The van der Waals surface area contributed by atoms with Gasteiger partial charge in [-0.05, 0) is 22.8 Å². The molecule has 0 radical (unpaired) electrons. The molecule has 0 atom stereocenters. The molecule has 0 aliphatic rings. The molecule has 0 bridgehead atoms. The zero-order chi connectivity index (χ0) is 16.5. The Labute approximate surface area is 136 Å². The second kappa shape index (κ2) is 9.05. The summed E-state index contributed by atoms with van der Waals surface area (Å²) in [7, 11) is 0. The first-order valence-corrected chi connectivity index (χ1v) is 7.66. The van der Waals surface area contributed by atoms with E-state index in [1.807, 2.05) is 36.4 Å². The van der Waals surface area contributed by atoms with Crippen molar-refractivity contribution in [3.63, 3.8) is 0 Å². The SMILES string of the molecule is O=C(O)c1ccccc1-c1ccc(CNCCNCCO)cc1. The van der Waals surface area contributed by atoms with Crippen LogP contribution in [0.3, 0.4) is 0 Å². The number of hydrogen-bond acceptors (Lipinski definition) is 4. The van der Waals surface area contributed by atoms with Crippen molar-refractivity contribution in [2.75, 3.05) is 26.2 Å². The molecule has 122 valence electrons. The quantitative estimate of drug-likeness (QED) is 0.530. The van der Waals surface area contributed by atoms with Gasteiger partial charge in [-0.3, -0.25) is 0 Å². The maximum Gasteiger partial charge on any atom is 0.336 e. The van der Waals surface area contributed by atoms with E-state index in [4.69, 9.17) is 5.11 Å². The molecule has 0 spiro atoms. The molecular weight excluding hydrogens is 292 g/mol. The Morgan fingerprint density at radius 3 is 2.30 bits per heavy atom. The standard InChI is InChI=1S/C18H22N2O3/c21-12-11-19-9-10-20-13-14-5-7-15(8-6-14)16-3-1-2-4-17(16)18(22)23/h1-8,19-21H,9-13H2,(H,22,23). The van der Waals surface area contributed by atoms with Crippen LogP contribution >= 0.6 is 0 Å². The molecule has 0 unspecified atom stereocenters. The van der Waals surface area contributed by atoms with Gasteiger partial charge in [-0.15, -0.1) is 0 Å². The van der Waals surface area contributed by atoms with E-state index >= 15 is 0 Å². The van der Waals surface area contributed by atoms with Crippen molar-refractivity contribution in [3.05, 3.63) is 59.7 Å². The topological polar surface area (TPSA) is 81.6 Å². The predicted molar refractivity (Wildman–Crippen MR) is 90.5 cm³/mol. The van der Waals surface area contributed by atoms with Crippen LogP contribution in [0.1, 0.15) is 15.9 Å². The van der Waals surface area contributed by atoms with E-state index in [9.17, 15) is 9.90 Å². The fourth-order valence-electron chi connectivity index (χ4n) is 2.34. The van der Waals surface area contributed by atoms with E-state index in [1.165, 1.54) is 0 Å². The molecule has 2 aromatic rings. The molecular formula is C18H22N2O3. The van der Waals surface area contributed by atoms with Crippen LogP contribution in [0.25, 0.3) is 11.1 Å². The van der Waals surface area contributed by atoms with Gasteiger partial charge in [0.05, 0.1) is 12.2 Å². The van der Waals surface area contributed by atoms with E-state index in [0.29, 0.717) is 12.1 Å². The van der Waals surface area contributed by atoms with Crippen LogP contribution in [0.5, 0.6) is 0 Å². The third-order valence-electron chi connectivity index (χ3n) is 3.52. The number of aromatic carboxylic acids is 1. The van der Waals surface area contributed by atoms with Gasteiger partial charge >= 0.3 is 5.97 Å². The number of carboxylic acids is 1. The maximum absolute atomic E-state index is 11.3. The number of aliphatic hydroxyl groups is 1. The highest BCUT2D eigenvalue weighted by molar-refractivity contribution is 5.95. The van der Waals surface area contributed by atoms with E-state index in [-0.39, 0.29) is 6.61 Å². The number of nitrogens with one attached hydrogen (secondary N) is 2. The average molecular weight is 314 g/mol. The first kappa shape index (κ1) is 17.1. The van der Waals surface area contributed by atoms with E-state index < -0.39 is 5.97 Å². The minimum Gasteiger partial charge on any atom is -0.478 e. The molecule has 5 heteroatoms. The lowest BCUT2D eigenvalue weighted by Gasteiger charge is -2.09. The molecule has 0 saturated heterocycles. The van der Waals surface area contributed by atoms with Crippen LogP contribution in [0, 0.1) is 0 Å². The van der Waals surface area contributed by atoms with Crippen molar-refractivity contribution in [1.29, 1.82) is 0 Å². The summed E-state index contributed by atoms with van der Waals surface area (Å²) < 4.78 is 0. The molecule has 0 amide bonds. The number of carboxylic acid groups (broad SMARTS) is 1. The second-order valence-corrected chi connectivity index (χ2v) is 5.20. The zero-order valence-corrected chi connectivity index (χ0v) is 13.0. The molecule has 4 N–H and O–H groups in total. The van der Waals surface area contributed by atoms with Crippen molar-refractivity contribution in [2.24, 2.45) is 0 Å². The maximum atomic E-state index is 11.3. The van der Waals surface area contributed by atoms with Crippen LogP contribution in [-0.2, 0) is 6.54 Å². The third-order valence-corrected chi connectivity index (χ3v) is 3.52. The summed E-state index contributed by atoms with van der Waals surface area (Å²) >= 11 is 0. The lowest BCUT2D eigenvalue weighted by atomic mass is 9.99. The molecule has 0 aliphatic heterocycles. The molecule has 2 rings (SSSR count). The fraction of sp³-hybridized carbons (Fsp3) is 0.278. The van der Waals surface area contributed by atoms with Gasteiger partial charge in [0.1, 0.15) is 0 Å². The number of carbonyl (C=O) groups is 1. The molecule has 2 aromatic carbocycles. The van der Waals surface area contributed by atoms with Gasteiger partial charge < -0.3 is 20.8 Å². The average Bonchev–Trinajstić information content (AvgIpc) is 2.58. The summed E-state index contributed by atoms with van der Waals surface area (Å²) in [5, 5.41) is 24.3. The van der Waals surface area contributed by atoms with Crippen molar-refractivity contribution in [3.8, 4) is 11.1 Å².